The van der Waals surface area contributed by atoms with Gasteiger partial charge >= 0.3 is 5.97 Å². The number of aromatic amines is 1. The lowest BCUT2D eigenvalue weighted by Gasteiger charge is -2.16. The molecule has 1 aromatic heterocycles. The Morgan fingerprint density at radius 1 is 1.03 bits per heavy atom. The number of para-hydroxylation sites is 2. The summed E-state index contributed by atoms with van der Waals surface area (Å²) in [5.74, 6) is -0.612. The molecule has 0 bridgehead atoms. The van der Waals surface area contributed by atoms with Crippen LogP contribution in [0.4, 0.5) is 5.69 Å². The number of hydrogen-bond donors (Lipinski definition) is 2. The molecule has 4 rings (SSSR count). The number of nitrogens with one attached hydrogen (secondary N) is 2. The van der Waals surface area contributed by atoms with Gasteiger partial charge in [-0.15, -0.1) is 0 Å². The van der Waals surface area contributed by atoms with E-state index in [1.807, 2.05) is 0 Å². The van der Waals surface area contributed by atoms with E-state index in [2.05, 4.69) is 14.7 Å². The lowest BCUT2D eigenvalue weighted by atomic mass is 10.2. The maximum atomic E-state index is 12.9. The summed E-state index contributed by atoms with van der Waals surface area (Å²) >= 11 is 5.83. The first-order valence-electron chi connectivity index (χ1n) is 9.82. The van der Waals surface area contributed by atoms with Gasteiger partial charge in [0.1, 0.15) is 0 Å². The number of aromatic nitrogens is 2. The summed E-state index contributed by atoms with van der Waals surface area (Å²) in [7, 11) is -3.97. The molecule has 8 nitrogen and oxygen atoms in total. The fraction of sp³-hybridized carbons (Fsp3) is 0.0870. The number of fused-ring (bicyclic) bond motifs is 1. The second-order valence-corrected chi connectivity index (χ2v) is 9.24. The van der Waals surface area contributed by atoms with Crippen LogP contribution in [0.1, 0.15) is 29.2 Å². The van der Waals surface area contributed by atoms with Crippen molar-refractivity contribution in [3.8, 4) is 0 Å². The monoisotopic (exact) mass is 483 g/mol. The zero-order chi connectivity index (χ0) is 23.6. The standard InChI is InChI=1S/C23H18ClN3O5S/c1-14(21-25-19-8-4-2-6-17(19)22(28)26-21)32-23(29)18-7-3-5-9-20(18)27-33(30,31)16-12-10-15(24)11-13-16/h2-14,27H,1H3,(H,25,26,28). The highest BCUT2D eigenvalue weighted by atomic mass is 35.5. The van der Waals surface area contributed by atoms with Crippen LogP contribution in [-0.4, -0.2) is 24.4 Å². The number of esters is 1. The molecule has 168 valence electrons. The summed E-state index contributed by atoms with van der Waals surface area (Å²) in [6, 6.07) is 18.5. The molecular weight excluding hydrogens is 466 g/mol. The van der Waals surface area contributed by atoms with Crippen LogP contribution in [0, 0.1) is 0 Å². The predicted molar refractivity (Wildman–Crippen MR) is 125 cm³/mol. The van der Waals surface area contributed by atoms with E-state index in [0.29, 0.717) is 15.9 Å². The Kier molecular flexibility index (Phi) is 6.17. The largest absolute Gasteiger partial charge is 0.451 e. The molecule has 4 aromatic rings. The lowest BCUT2D eigenvalue weighted by molar-refractivity contribution is 0.0321. The van der Waals surface area contributed by atoms with Crippen molar-refractivity contribution in [2.24, 2.45) is 0 Å². The van der Waals surface area contributed by atoms with E-state index in [9.17, 15) is 18.0 Å². The average molecular weight is 484 g/mol. The second-order valence-electron chi connectivity index (χ2n) is 7.12. The molecule has 0 saturated heterocycles. The van der Waals surface area contributed by atoms with Crippen LogP contribution in [0.5, 0.6) is 0 Å². The summed E-state index contributed by atoms with van der Waals surface area (Å²) in [5, 5.41) is 0.814. The molecule has 1 atom stereocenters. The Bertz CT molecular complexity index is 1500. The minimum absolute atomic E-state index is 0.00465. The van der Waals surface area contributed by atoms with Crippen LogP contribution in [0.2, 0.25) is 5.02 Å². The zero-order valence-corrected chi connectivity index (χ0v) is 18.9. The number of carbonyl (C=O) groups is 1. The van der Waals surface area contributed by atoms with Crippen LogP contribution in [-0.2, 0) is 14.8 Å². The van der Waals surface area contributed by atoms with Crippen LogP contribution in [0.3, 0.4) is 0 Å². The van der Waals surface area contributed by atoms with Crippen molar-refractivity contribution in [2.45, 2.75) is 17.9 Å². The van der Waals surface area contributed by atoms with Gasteiger partial charge in [0, 0.05) is 5.02 Å². The third-order valence-corrected chi connectivity index (χ3v) is 6.45. The molecule has 0 saturated carbocycles. The number of anilines is 1. The smallest absolute Gasteiger partial charge is 0.340 e. The summed E-state index contributed by atoms with van der Waals surface area (Å²) in [6.45, 7) is 1.56. The molecule has 0 fully saturated rings. The quantitative estimate of drug-likeness (QED) is 0.395. The molecule has 0 radical (unpaired) electrons. The van der Waals surface area contributed by atoms with Gasteiger partial charge in [0.2, 0.25) is 0 Å². The average Bonchev–Trinajstić information content (AvgIpc) is 2.79. The van der Waals surface area contributed by atoms with Crippen molar-refractivity contribution < 1.29 is 17.9 Å². The first-order valence-corrected chi connectivity index (χ1v) is 11.7. The van der Waals surface area contributed by atoms with Crippen molar-refractivity contribution in [3.05, 3.63) is 99.6 Å². The van der Waals surface area contributed by atoms with Gasteiger partial charge in [-0.2, -0.15) is 0 Å². The van der Waals surface area contributed by atoms with Crippen molar-refractivity contribution in [1.29, 1.82) is 0 Å². The van der Waals surface area contributed by atoms with E-state index in [-0.39, 0.29) is 27.5 Å². The Morgan fingerprint density at radius 2 is 1.70 bits per heavy atom. The molecule has 0 spiro atoms. The van der Waals surface area contributed by atoms with E-state index in [1.54, 1.807) is 43.3 Å². The second kappa shape index (κ2) is 9.05. The van der Waals surface area contributed by atoms with Gasteiger partial charge in [-0.3, -0.25) is 9.52 Å². The SMILES string of the molecule is CC(OC(=O)c1ccccc1NS(=O)(=O)c1ccc(Cl)cc1)c1nc2ccccc2c(=O)[nH]1. The first-order chi connectivity index (χ1) is 15.7. The van der Waals surface area contributed by atoms with E-state index < -0.39 is 22.1 Å². The zero-order valence-electron chi connectivity index (χ0n) is 17.3. The van der Waals surface area contributed by atoms with Gasteiger partial charge in [-0.1, -0.05) is 35.9 Å². The molecule has 0 aliphatic rings. The Labute approximate surface area is 194 Å². The third kappa shape index (κ3) is 4.89. The maximum Gasteiger partial charge on any atom is 0.340 e. The van der Waals surface area contributed by atoms with Crippen molar-refractivity contribution >= 4 is 44.2 Å². The lowest BCUT2D eigenvalue weighted by Crippen LogP contribution is -2.19. The Balaban J connectivity index is 1.58. The number of ether oxygens (including phenoxy) is 1. The first kappa shape index (κ1) is 22.5. The van der Waals surface area contributed by atoms with Gasteiger partial charge < -0.3 is 9.72 Å². The summed E-state index contributed by atoms with van der Waals surface area (Å²) in [4.78, 5) is 32.1. The van der Waals surface area contributed by atoms with Crippen molar-refractivity contribution in [2.75, 3.05) is 4.72 Å². The van der Waals surface area contributed by atoms with Gasteiger partial charge in [-0.25, -0.2) is 18.2 Å². The molecule has 0 aliphatic carbocycles. The minimum Gasteiger partial charge on any atom is -0.451 e. The summed E-state index contributed by atoms with van der Waals surface area (Å²) < 4.78 is 33.4. The molecule has 3 aromatic carbocycles. The van der Waals surface area contributed by atoms with Gasteiger partial charge in [-0.05, 0) is 55.5 Å². The number of halogens is 1. The molecule has 1 heterocycles. The molecular formula is C23H18ClN3O5S. The fourth-order valence-corrected chi connectivity index (χ4v) is 4.35. The molecule has 2 N–H and O–H groups in total. The number of H-pyrrole nitrogens is 1. The van der Waals surface area contributed by atoms with Gasteiger partial charge in [0.05, 0.1) is 27.0 Å². The van der Waals surface area contributed by atoms with Crippen LogP contribution >= 0.6 is 11.6 Å². The number of nitrogens with zero attached hydrogens (tertiary/aromatic N) is 1. The maximum absolute atomic E-state index is 12.9. The highest BCUT2D eigenvalue weighted by molar-refractivity contribution is 7.92. The normalized spacial score (nSPS) is 12.3. The van der Waals surface area contributed by atoms with Crippen molar-refractivity contribution in [1.82, 2.24) is 9.97 Å². The Hall–Kier alpha value is -3.69. The third-order valence-electron chi connectivity index (χ3n) is 4.82. The van der Waals surface area contributed by atoms with Crippen LogP contribution in [0.15, 0.2) is 82.5 Å². The van der Waals surface area contributed by atoms with Gasteiger partial charge in [0.15, 0.2) is 11.9 Å². The van der Waals surface area contributed by atoms with Crippen LogP contribution < -0.4 is 10.3 Å². The van der Waals surface area contributed by atoms with E-state index in [4.69, 9.17) is 16.3 Å². The van der Waals surface area contributed by atoms with Crippen molar-refractivity contribution in [3.63, 3.8) is 0 Å². The predicted octanol–water partition coefficient (Wildman–Crippen LogP) is 4.30. The minimum atomic E-state index is -3.97. The molecule has 33 heavy (non-hydrogen) atoms. The fourth-order valence-electron chi connectivity index (χ4n) is 3.14. The number of carbonyl (C=O) groups excluding carboxylic acids is 1. The van der Waals surface area contributed by atoms with E-state index >= 15 is 0 Å². The van der Waals surface area contributed by atoms with Gasteiger partial charge in [0.25, 0.3) is 15.6 Å². The van der Waals surface area contributed by atoms with E-state index in [1.165, 1.54) is 36.4 Å². The number of sulfonamides is 1. The molecule has 0 aliphatic heterocycles. The highest BCUT2D eigenvalue weighted by Gasteiger charge is 2.22. The number of rotatable bonds is 6. The van der Waals surface area contributed by atoms with Crippen LogP contribution in [0.25, 0.3) is 10.9 Å². The number of benzene rings is 3. The Morgan fingerprint density at radius 3 is 2.45 bits per heavy atom. The summed E-state index contributed by atoms with van der Waals surface area (Å²) in [5.41, 5.74) is 0.166. The molecule has 10 heteroatoms. The number of hydrogen-bond acceptors (Lipinski definition) is 6. The topological polar surface area (TPSA) is 118 Å². The summed E-state index contributed by atoms with van der Waals surface area (Å²) in [6.07, 6.45) is -0.893. The molecule has 0 amide bonds. The van der Waals surface area contributed by atoms with E-state index in [0.717, 1.165) is 0 Å². The highest BCUT2D eigenvalue weighted by Crippen LogP contribution is 2.24. The molecule has 1 unspecified atom stereocenters.